The number of nitrogens with one attached hydrogen (secondary N) is 1. The number of hydrogen-bond acceptors (Lipinski definition) is 3. The van der Waals surface area contributed by atoms with Crippen LogP contribution in [0.25, 0.3) is 10.8 Å². The summed E-state index contributed by atoms with van der Waals surface area (Å²) in [5.41, 5.74) is 1.99. The summed E-state index contributed by atoms with van der Waals surface area (Å²) in [7, 11) is 1.74. The van der Waals surface area contributed by atoms with Crippen molar-refractivity contribution in [2.24, 2.45) is 0 Å². The summed E-state index contributed by atoms with van der Waals surface area (Å²) in [6, 6.07) is 23.7. The molecular formula is C26H28N2O2. The van der Waals surface area contributed by atoms with Crippen molar-refractivity contribution < 1.29 is 9.53 Å². The molecular weight excluding hydrogens is 372 g/mol. The summed E-state index contributed by atoms with van der Waals surface area (Å²) in [5, 5.41) is 5.59. The third kappa shape index (κ3) is 3.68. The number of nitrogens with zero attached hydrogens (tertiary/aromatic N) is 1. The van der Waals surface area contributed by atoms with Crippen molar-refractivity contribution in [2.45, 2.75) is 50.4 Å². The zero-order valence-corrected chi connectivity index (χ0v) is 17.4. The Morgan fingerprint density at radius 1 is 0.967 bits per heavy atom. The first-order valence-electron chi connectivity index (χ1n) is 10.9. The number of fused-ring (bicyclic) bond motifs is 3. The number of rotatable bonds is 5. The van der Waals surface area contributed by atoms with Crippen LogP contribution in [0.1, 0.15) is 41.6 Å². The van der Waals surface area contributed by atoms with Crippen molar-refractivity contribution in [1.82, 2.24) is 10.2 Å². The van der Waals surface area contributed by atoms with Gasteiger partial charge in [-0.25, -0.2) is 0 Å². The highest BCUT2D eigenvalue weighted by molar-refractivity contribution is 5.98. The molecule has 5 rings (SSSR count). The van der Waals surface area contributed by atoms with E-state index in [4.69, 9.17) is 4.74 Å². The average molecular weight is 401 g/mol. The van der Waals surface area contributed by atoms with Crippen LogP contribution in [-0.2, 0) is 6.54 Å². The van der Waals surface area contributed by atoms with Gasteiger partial charge in [0.2, 0.25) is 0 Å². The fraction of sp³-hybridized carbons (Fsp3) is 0.346. The Bertz CT molecular complexity index is 1050. The quantitative estimate of drug-likeness (QED) is 0.671. The van der Waals surface area contributed by atoms with E-state index in [0.29, 0.717) is 12.1 Å². The lowest BCUT2D eigenvalue weighted by Gasteiger charge is -2.39. The van der Waals surface area contributed by atoms with Crippen LogP contribution in [0, 0.1) is 0 Å². The molecule has 2 fully saturated rings. The third-order valence-electron chi connectivity index (χ3n) is 6.78. The number of piperidine rings is 1. The molecule has 1 amide bonds. The normalized spacial score (nSPS) is 23.4. The van der Waals surface area contributed by atoms with Gasteiger partial charge in [-0.1, -0.05) is 48.5 Å². The molecule has 0 saturated carbocycles. The smallest absolute Gasteiger partial charge is 0.251 e. The van der Waals surface area contributed by atoms with Crippen molar-refractivity contribution in [3.63, 3.8) is 0 Å². The Kier molecular flexibility index (Phi) is 5.17. The van der Waals surface area contributed by atoms with E-state index in [1.54, 1.807) is 7.11 Å². The molecule has 0 aliphatic carbocycles. The molecule has 0 radical (unpaired) electrons. The predicted octanol–water partition coefficient (Wildman–Crippen LogP) is 4.77. The maximum Gasteiger partial charge on any atom is 0.251 e. The molecule has 2 heterocycles. The lowest BCUT2D eigenvalue weighted by atomic mass is 9.96. The van der Waals surface area contributed by atoms with E-state index in [2.05, 4.69) is 34.5 Å². The summed E-state index contributed by atoms with van der Waals surface area (Å²) in [6.45, 7) is 0.921. The van der Waals surface area contributed by atoms with Crippen molar-refractivity contribution in [2.75, 3.05) is 7.11 Å². The van der Waals surface area contributed by atoms with E-state index < -0.39 is 0 Å². The van der Waals surface area contributed by atoms with E-state index in [9.17, 15) is 4.79 Å². The fourth-order valence-electron chi connectivity index (χ4n) is 5.28. The van der Waals surface area contributed by atoms with Gasteiger partial charge in [0.1, 0.15) is 5.75 Å². The molecule has 154 valence electrons. The van der Waals surface area contributed by atoms with E-state index >= 15 is 0 Å². The van der Waals surface area contributed by atoms with E-state index in [0.717, 1.165) is 41.5 Å². The number of carbonyl (C=O) groups excluding carboxylic acids is 1. The summed E-state index contributed by atoms with van der Waals surface area (Å²) in [5.74, 6) is 1.01. The first kappa shape index (κ1) is 19.1. The largest absolute Gasteiger partial charge is 0.496 e. The molecule has 2 bridgehead atoms. The maximum absolute atomic E-state index is 12.9. The molecule has 0 spiro atoms. The number of amides is 1. The zero-order chi connectivity index (χ0) is 20.5. The molecule has 4 heteroatoms. The molecule has 2 aliphatic rings. The molecule has 3 aromatic rings. The minimum atomic E-state index is 0.0448. The first-order valence-corrected chi connectivity index (χ1v) is 10.9. The van der Waals surface area contributed by atoms with Gasteiger partial charge in [0, 0.05) is 35.8 Å². The number of carbonyl (C=O) groups is 1. The Morgan fingerprint density at radius 2 is 1.67 bits per heavy atom. The highest BCUT2D eigenvalue weighted by Gasteiger charge is 2.41. The second-order valence-corrected chi connectivity index (χ2v) is 8.57. The van der Waals surface area contributed by atoms with Crippen LogP contribution < -0.4 is 10.1 Å². The van der Waals surface area contributed by atoms with E-state index in [1.807, 2.05) is 42.5 Å². The predicted molar refractivity (Wildman–Crippen MR) is 120 cm³/mol. The molecule has 1 N–H and O–H groups in total. The highest BCUT2D eigenvalue weighted by atomic mass is 16.5. The third-order valence-corrected chi connectivity index (χ3v) is 6.78. The Balaban J connectivity index is 1.25. The molecule has 30 heavy (non-hydrogen) atoms. The van der Waals surface area contributed by atoms with Crippen molar-refractivity contribution in [1.29, 1.82) is 0 Å². The average Bonchev–Trinajstić information content (AvgIpc) is 3.01. The molecule has 3 aromatic carbocycles. The fourth-order valence-corrected chi connectivity index (χ4v) is 5.28. The highest BCUT2D eigenvalue weighted by Crippen LogP contribution is 2.38. The SMILES string of the molecule is COc1ccccc1CN1C2CCC1CC(NC(=O)c1ccc3ccccc3c1)C2. The van der Waals surface area contributed by atoms with Crippen LogP contribution in [0.15, 0.2) is 66.7 Å². The Labute approximate surface area is 177 Å². The van der Waals surface area contributed by atoms with Crippen molar-refractivity contribution >= 4 is 16.7 Å². The second kappa shape index (κ2) is 8.11. The van der Waals surface area contributed by atoms with Gasteiger partial charge in [0.25, 0.3) is 5.91 Å². The number of para-hydroxylation sites is 1. The summed E-state index contributed by atoms with van der Waals surface area (Å²) in [6.07, 6.45) is 4.46. The lowest BCUT2D eigenvalue weighted by Crippen LogP contribution is -2.50. The number of hydrogen-bond donors (Lipinski definition) is 1. The van der Waals surface area contributed by atoms with Crippen LogP contribution in [-0.4, -0.2) is 36.0 Å². The van der Waals surface area contributed by atoms with Gasteiger partial charge < -0.3 is 10.1 Å². The van der Waals surface area contributed by atoms with Gasteiger partial charge in [-0.05, 0) is 54.7 Å². The molecule has 2 aliphatic heterocycles. The van der Waals surface area contributed by atoms with Crippen molar-refractivity contribution in [3.05, 3.63) is 77.9 Å². The summed E-state index contributed by atoms with van der Waals surface area (Å²) >= 11 is 0. The topological polar surface area (TPSA) is 41.6 Å². The van der Waals surface area contributed by atoms with Crippen molar-refractivity contribution in [3.8, 4) is 5.75 Å². The monoisotopic (exact) mass is 400 g/mol. The van der Waals surface area contributed by atoms with E-state index in [1.165, 1.54) is 18.4 Å². The zero-order valence-electron chi connectivity index (χ0n) is 17.4. The summed E-state index contributed by atoms with van der Waals surface area (Å²) < 4.78 is 5.55. The summed E-state index contributed by atoms with van der Waals surface area (Å²) in [4.78, 5) is 15.5. The van der Waals surface area contributed by atoms with Gasteiger partial charge in [-0.15, -0.1) is 0 Å². The molecule has 2 unspecified atom stereocenters. The number of ether oxygens (including phenoxy) is 1. The maximum atomic E-state index is 12.9. The second-order valence-electron chi connectivity index (χ2n) is 8.57. The molecule has 2 saturated heterocycles. The van der Waals surface area contributed by atoms with Crippen LogP contribution in [0.3, 0.4) is 0 Å². The van der Waals surface area contributed by atoms with Gasteiger partial charge in [0.15, 0.2) is 0 Å². The van der Waals surface area contributed by atoms with Gasteiger partial charge in [-0.3, -0.25) is 9.69 Å². The number of benzene rings is 3. The lowest BCUT2D eigenvalue weighted by molar-refractivity contribution is 0.0826. The van der Waals surface area contributed by atoms with Gasteiger partial charge in [0.05, 0.1) is 7.11 Å². The van der Waals surface area contributed by atoms with Gasteiger partial charge >= 0.3 is 0 Å². The van der Waals surface area contributed by atoms with Crippen LogP contribution in [0.2, 0.25) is 0 Å². The van der Waals surface area contributed by atoms with Crippen LogP contribution in [0.4, 0.5) is 0 Å². The van der Waals surface area contributed by atoms with Crippen LogP contribution in [0.5, 0.6) is 5.75 Å². The molecule has 4 nitrogen and oxygen atoms in total. The standard InChI is InChI=1S/C26H28N2O2/c1-30-25-9-5-4-8-21(25)17-28-23-12-13-24(28)16-22(15-23)27-26(29)20-11-10-18-6-2-3-7-19(18)14-20/h2-11,14,22-24H,12-13,15-17H2,1H3,(H,27,29). The molecule has 0 aromatic heterocycles. The Morgan fingerprint density at radius 3 is 2.43 bits per heavy atom. The molecule has 2 atom stereocenters. The van der Waals surface area contributed by atoms with Gasteiger partial charge in [-0.2, -0.15) is 0 Å². The first-order chi connectivity index (χ1) is 14.7. The minimum absolute atomic E-state index is 0.0448. The Hall–Kier alpha value is -2.85. The van der Waals surface area contributed by atoms with E-state index in [-0.39, 0.29) is 11.9 Å². The minimum Gasteiger partial charge on any atom is -0.496 e. The van der Waals surface area contributed by atoms with Crippen LogP contribution >= 0.6 is 0 Å². The number of methoxy groups -OCH3 is 1.